The molecule has 0 unspecified atom stereocenters. The van der Waals surface area contributed by atoms with Crippen LogP contribution in [0.25, 0.3) is 22.2 Å². The third kappa shape index (κ3) is 6.87. The number of primary amides is 1. The van der Waals surface area contributed by atoms with Crippen LogP contribution in [0.2, 0.25) is 0 Å². The van der Waals surface area contributed by atoms with Crippen LogP contribution >= 0.6 is 0 Å². The number of nitrogens with two attached hydrogens (primary N) is 1. The number of H-pyrrole nitrogens is 1. The predicted octanol–water partition coefficient (Wildman–Crippen LogP) is 4.01. The molecule has 2 saturated heterocycles. The molecular formula is C33H42FN9O2. The number of hydrogen-bond donors (Lipinski definition) is 5. The average Bonchev–Trinajstić information content (AvgIpc) is 3.50. The first-order chi connectivity index (χ1) is 21.6. The quantitative estimate of drug-likeness (QED) is 0.189. The summed E-state index contributed by atoms with van der Waals surface area (Å²) in [5, 5.41) is 17.6. The number of carbonyl (C=O) groups is 1. The van der Waals surface area contributed by atoms with E-state index in [1.807, 2.05) is 30.5 Å². The van der Waals surface area contributed by atoms with E-state index in [2.05, 4.69) is 42.3 Å². The van der Waals surface area contributed by atoms with Gasteiger partial charge >= 0.3 is 0 Å². The van der Waals surface area contributed by atoms with E-state index >= 15 is 4.39 Å². The van der Waals surface area contributed by atoms with Gasteiger partial charge in [0, 0.05) is 80.2 Å². The number of aliphatic hydroxyl groups is 1. The largest absolute Gasteiger partial charge is 0.389 e. The Labute approximate surface area is 262 Å². The topological polar surface area (TPSA) is 139 Å². The maximum Gasteiger partial charge on any atom is 0.271 e. The molecule has 0 atom stereocenters. The number of nitrogens with zero attached hydrogens (tertiary/aromatic N) is 5. The van der Waals surface area contributed by atoms with Crippen molar-refractivity contribution in [1.82, 2.24) is 24.8 Å². The zero-order valence-electron chi connectivity index (χ0n) is 26.1. The number of aromatic nitrogens is 3. The molecule has 12 heteroatoms. The molecule has 2 aromatic carbocycles. The molecule has 2 aliphatic heterocycles. The standard InChI is InChI=1S/C33H42FN9O2/c1-33(2,45)20-37-31-28(24-5-4-6-26-23(24)9-12-36-26)39-29(30(35)44)32(40-31)38-21-7-8-27(25(34)19-21)43-13-10-22(11-14-43)42-17-15-41(3)16-18-42/h4-9,12,19,22,36,45H,10-11,13-18,20H2,1-3H3,(H2,35,44)(H2,37,38,40). The number of likely N-dealkylation sites (N-methyl/N-ethyl adjacent to an activating group) is 1. The number of amides is 1. The number of hydrogen-bond acceptors (Lipinski definition) is 9. The van der Waals surface area contributed by atoms with Crippen molar-refractivity contribution in [2.24, 2.45) is 5.73 Å². The Balaban J connectivity index is 1.25. The first-order valence-electron chi connectivity index (χ1n) is 15.5. The smallest absolute Gasteiger partial charge is 0.271 e. The summed E-state index contributed by atoms with van der Waals surface area (Å²) in [7, 11) is 2.16. The minimum atomic E-state index is -1.05. The molecule has 11 nitrogen and oxygen atoms in total. The Hall–Kier alpha value is -4.26. The first kappa shape index (κ1) is 30.8. The molecule has 2 aromatic heterocycles. The van der Waals surface area contributed by atoms with Crippen LogP contribution in [0.4, 0.5) is 27.4 Å². The van der Waals surface area contributed by atoms with Gasteiger partial charge in [0.25, 0.3) is 5.91 Å². The molecule has 238 valence electrons. The van der Waals surface area contributed by atoms with Crippen LogP contribution in [0.1, 0.15) is 37.2 Å². The lowest BCUT2D eigenvalue weighted by Gasteiger charge is -2.42. The molecule has 4 aromatic rings. The van der Waals surface area contributed by atoms with E-state index in [9.17, 15) is 9.90 Å². The molecule has 0 radical (unpaired) electrons. The maximum absolute atomic E-state index is 15.6. The summed E-state index contributed by atoms with van der Waals surface area (Å²) in [6, 6.07) is 13.1. The van der Waals surface area contributed by atoms with Crippen LogP contribution in [0.3, 0.4) is 0 Å². The van der Waals surface area contributed by atoms with Crippen LogP contribution in [0.5, 0.6) is 0 Å². The SMILES string of the molecule is CN1CCN(C2CCN(c3ccc(Nc4nc(NCC(C)(C)O)c(-c5cccc6[nH]ccc56)nc4C(N)=O)cc3F)CC2)CC1. The Kier molecular flexibility index (Phi) is 8.63. The van der Waals surface area contributed by atoms with E-state index < -0.39 is 11.5 Å². The number of aromatic amines is 1. The Bertz CT molecular complexity index is 1670. The van der Waals surface area contributed by atoms with E-state index in [0.29, 0.717) is 28.9 Å². The number of piperidine rings is 1. The zero-order chi connectivity index (χ0) is 31.7. The third-order valence-corrected chi connectivity index (χ3v) is 8.74. The summed E-state index contributed by atoms with van der Waals surface area (Å²) in [5.74, 6) is -0.700. The van der Waals surface area contributed by atoms with Gasteiger partial charge in [-0.2, -0.15) is 0 Å². The number of halogens is 1. The predicted molar refractivity (Wildman–Crippen MR) is 177 cm³/mol. The summed E-state index contributed by atoms with van der Waals surface area (Å²) >= 11 is 0. The second kappa shape index (κ2) is 12.6. The van der Waals surface area contributed by atoms with E-state index in [-0.39, 0.29) is 23.9 Å². The third-order valence-electron chi connectivity index (χ3n) is 8.74. The van der Waals surface area contributed by atoms with Gasteiger partial charge in [0.15, 0.2) is 17.3 Å². The van der Waals surface area contributed by atoms with E-state index in [0.717, 1.165) is 68.6 Å². The van der Waals surface area contributed by atoms with Crippen LogP contribution in [0, 0.1) is 5.82 Å². The highest BCUT2D eigenvalue weighted by Crippen LogP contribution is 2.35. The van der Waals surface area contributed by atoms with Crippen LogP contribution in [0.15, 0.2) is 48.7 Å². The zero-order valence-corrected chi connectivity index (χ0v) is 26.1. The van der Waals surface area contributed by atoms with Gasteiger partial charge < -0.3 is 36.3 Å². The molecule has 6 N–H and O–H groups in total. The summed E-state index contributed by atoms with van der Waals surface area (Å²) < 4.78 is 15.6. The number of benzene rings is 2. The minimum absolute atomic E-state index is 0.0817. The van der Waals surface area contributed by atoms with Gasteiger partial charge in [0.05, 0.1) is 11.3 Å². The molecular weight excluding hydrogens is 573 g/mol. The fraction of sp³-hybridized carbons (Fsp3) is 0.424. The number of fused-ring (bicyclic) bond motifs is 1. The van der Waals surface area contributed by atoms with Gasteiger partial charge in [-0.1, -0.05) is 12.1 Å². The van der Waals surface area contributed by atoms with Crippen molar-refractivity contribution in [2.45, 2.75) is 38.3 Å². The molecule has 1 amide bonds. The second-order valence-corrected chi connectivity index (χ2v) is 12.7. The van der Waals surface area contributed by atoms with Crippen LogP contribution in [-0.4, -0.2) is 100 Å². The normalized spacial score (nSPS) is 17.1. The van der Waals surface area contributed by atoms with E-state index in [1.165, 1.54) is 6.07 Å². The van der Waals surface area contributed by atoms with Crippen molar-refractivity contribution in [1.29, 1.82) is 0 Å². The molecule has 2 fully saturated rings. The highest BCUT2D eigenvalue weighted by molar-refractivity contribution is 6.00. The Morgan fingerprint density at radius 1 is 1.07 bits per heavy atom. The van der Waals surface area contributed by atoms with Crippen molar-refractivity contribution < 1.29 is 14.3 Å². The average molecular weight is 616 g/mol. The lowest BCUT2D eigenvalue weighted by atomic mass is 10.0. The van der Waals surface area contributed by atoms with E-state index in [4.69, 9.17) is 10.7 Å². The molecule has 2 aliphatic rings. The Morgan fingerprint density at radius 3 is 2.51 bits per heavy atom. The lowest BCUT2D eigenvalue weighted by Crippen LogP contribution is -2.52. The Morgan fingerprint density at radius 2 is 1.82 bits per heavy atom. The molecule has 0 aliphatic carbocycles. The minimum Gasteiger partial charge on any atom is -0.389 e. The second-order valence-electron chi connectivity index (χ2n) is 12.7. The summed E-state index contributed by atoms with van der Waals surface area (Å²) in [6.45, 7) is 9.47. The molecule has 6 rings (SSSR count). The van der Waals surface area contributed by atoms with Gasteiger partial charge in [-0.15, -0.1) is 0 Å². The molecule has 4 heterocycles. The summed E-state index contributed by atoms with van der Waals surface area (Å²) in [5.41, 5.74) is 7.66. The van der Waals surface area contributed by atoms with Crippen LogP contribution in [-0.2, 0) is 0 Å². The molecule has 0 bridgehead atoms. The molecule has 45 heavy (non-hydrogen) atoms. The summed E-state index contributed by atoms with van der Waals surface area (Å²) in [6.07, 6.45) is 3.83. The number of nitrogens with one attached hydrogen (secondary N) is 3. The molecule has 0 spiro atoms. The lowest BCUT2D eigenvalue weighted by molar-refractivity contribution is 0.0942. The maximum atomic E-state index is 15.6. The van der Waals surface area contributed by atoms with Gasteiger partial charge in [-0.25, -0.2) is 14.4 Å². The number of carbonyl (C=O) groups excluding carboxylic acids is 1. The molecule has 0 saturated carbocycles. The van der Waals surface area contributed by atoms with Gasteiger partial charge in [-0.05, 0) is 64.1 Å². The number of piperazine rings is 1. The highest BCUT2D eigenvalue weighted by Gasteiger charge is 2.28. The van der Waals surface area contributed by atoms with Gasteiger partial charge in [-0.3, -0.25) is 9.69 Å². The number of rotatable bonds is 9. The van der Waals surface area contributed by atoms with Crippen molar-refractivity contribution >= 4 is 39.8 Å². The summed E-state index contributed by atoms with van der Waals surface area (Å²) in [4.78, 5) is 32.3. The fourth-order valence-electron chi connectivity index (χ4n) is 6.23. The van der Waals surface area contributed by atoms with Crippen molar-refractivity contribution in [3.63, 3.8) is 0 Å². The van der Waals surface area contributed by atoms with Crippen LogP contribution < -0.4 is 21.3 Å². The number of anilines is 4. The first-order valence-corrected chi connectivity index (χ1v) is 15.5. The fourth-order valence-corrected chi connectivity index (χ4v) is 6.23. The van der Waals surface area contributed by atoms with E-state index in [1.54, 1.807) is 26.0 Å². The van der Waals surface area contributed by atoms with Crippen molar-refractivity contribution in [3.8, 4) is 11.3 Å². The van der Waals surface area contributed by atoms with Crippen molar-refractivity contribution in [2.75, 3.05) is 68.4 Å². The van der Waals surface area contributed by atoms with Gasteiger partial charge in [0.2, 0.25) is 0 Å². The monoisotopic (exact) mass is 615 g/mol. The van der Waals surface area contributed by atoms with Crippen molar-refractivity contribution in [3.05, 3.63) is 60.2 Å². The van der Waals surface area contributed by atoms with Gasteiger partial charge in [0.1, 0.15) is 11.5 Å². The highest BCUT2D eigenvalue weighted by atomic mass is 19.1.